The molecule has 0 bridgehead atoms. The first kappa shape index (κ1) is 76.9. The Bertz CT molecular complexity index is 1820. The molecule has 0 amide bonds. The first-order valence-corrected chi connectivity index (χ1v) is 30.0. The van der Waals surface area contributed by atoms with Gasteiger partial charge in [-0.2, -0.15) is 0 Å². The second-order valence-corrected chi connectivity index (χ2v) is 17.9. The highest BCUT2D eigenvalue weighted by atomic mass is 16.6. The SMILES string of the molecule is O=C1c2ccccc2C(=O)c2c(OCCOCCOCCOCCOCCOCCOCCOCCOCCOCCOCCOCCOCCOCCOCCOCCOCCOCCOCCOCCOCCOCCOCCO)cccc21. The van der Waals surface area contributed by atoms with Crippen LogP contribution in [0, 0.1) is 0 Å². The van der Waals surface area contributed by atoms with E-state index in [1.165, 1.54) is 0 Å². The molecule has 26 heteroatoms. The van der Waals surface area contributed by atoms with E-state index >= 15 is 0 Å². The third kappa shape index (κ3) is 44.2. The van der Waals surface area contributed by atoms with Crippen LogP contribution in [0.5, 0.6) is 5.75 Å². The van der Waals surface area contributed by atoms with Crippen molar-refractivity contribution < 1.29 is 124 Å². The Hall–Kier alpha value is -3.34. The molecule has 2 aromatic carbocycles. The van der Waals surface area contributed by atoms with E-state index in [0.717, 1.165) is 0 Å². The van der Waals surface area contributed by atoms with Crippen molar-refractivity contribution in [1.29, 1.82) is 0 Å². The van der Waals surface area contributed by atoms with Crippen LogP contribution in [0.4, 0.5) is 0 Å². The quantitative estimate of drug-likeness (QED) is 0.0794. The van der Waals surface area contributed by atoms with Crippen LogP contribution in [0.3, 0.4) is 0 Å². The summed E-state index contributed by atoms with van der Waals surface area (Å²) in [5, 5.41) is 8.61. The van der Waals surface area contributed by atoms with Gasteiger partial charge in [0.2, 0.25) is 0 Å². The number of rotatable bonds is 69. The molecule has 0 aromatic heterocycles. The number of hydrogen-bond acceptors (Lipinski definition) is 26. The summed E-state index contributed by atoms with van der Waals surface area (Å²) in [6.07, 6.45) is 0. The van der Waals surface area contributed by atoms with Crippen molar-refractivity contribution in [3.8, 4) is 5.75 Å². The Morgan fingerprint density at radius 3 is 0.616 bits per heavy atom. The zero-order valence-corrected chi connectivity index (χ0v) is 50.7. The van der Waals surface area contributed by atoms with Crippen molar-refractivity contribution in [2.45, 2.75) is 0 Å². The normalized spacial score (nSPS) is 12.2. The van der Waals surface area contributed by atoms with Crippen LogP contribution in [0.15, 0.2) is 42.5 Å². The molecule has 0 saturated carbocycles. The summed E-state index contributed by atoms with van der Waals surface area (Å²) in [6.45, 7) is 20.7. The van der Waals surface area contributed by atoms with Crippen LogP contribution < -0.4 is 4.74 Å². The molecule has 3 rings (SSSR count). The van der Waals surface area contributed by atoms with Crippen molar-refractivity contribution in [1.82, 2.24) is 0 Å². The first-order valence-electron chi connectivity index (χ1n) is 30.0. The number of carbonyl (C=O) groups is 2. The minimum absolute atomic E-state index is 0.0160. The third-order valence-electron chi connectivity index (χ3n) is 11.4. The standard InChI is InChI=1S/C60H100O26/c61-8-9-64-10-11-65-12-13-66-14-15-67-16-17-68-18-19-69-20-21-70-22-23-71-24-25-72-26-27-73-28-29-74-30-31-75-32-33-76-34-35-77-36-37-78-38-39-79-40-41-80-42-43-81-44-45-82-46-47-83-48-49-84-50-51-85-52-53-86-57-7-3-6-56-58(57)60(63)55-5-2-1-4-54(55)59(56)62/h1-7,61H,8-53H2. The van der Waals surface area contributed by atoms with Gasteiger partial charge in [0.05, 0.1) is 303 Å². The minimum Gasteiger partial charge on any atom is -0.490 e. The van der Waals surface area contributed by atoms with Crippen LogP contribution in [0.1, 0.15) is 31.8 Å². The average Bonchev–Trinajstić information content (AvgIpc) is 1.82. The summed E-state index contributed by atoms with van der Waals surface area (Å²) in [7, 11) is 0. The van der Waals surface area contributed by atoms with E-state index in [-0.39, 0.29) is 24.8 Å². The van der Waals surface area contributed by atoms with Gasteiger partial charge >= 0.3 is 0 Å². The van der Waals surface area contributed by atoms with E-state index in [2.05, 4.69) is 0 Å². The molecular formula is C60H100O26. The lowest BCUT2D eigenvalue weighted by molar-refractivity contribution is -0.0318. The number of carbonyl (C=O) groups excluding carboxylic acids is 2. The van der Waals surface area contributed by atoms with Crippen molar-refractivity contribution in [2.24, 2.45) is 0 Å². The number of ether oxygens (including phenoxy) is 23. The number of aliphatic hydroxyl groups is 1. The van der Waals surface area contributed by atoms with Gasteiger partial charge in [0.25, 0.3) is 0 Å². The fraction of sp³-hybridized carbons (Fsp3) is 0.767. The van der Waals surface area contributed by atoms with Gasteiger partial charge in [-0.1, -0.05) is 36.4 Å². The van der Waals surface area contributed by atoms with Gasteiger partial charge in [-0.15, -0.1) is 0 Å². The van der Waals surface area contributed by atoms with Gasteiger partial charge < -0.3 is 114 Å². The Kier molecular flexibility index (Phi) is 54.2. The second kappa shape index (κ2) is 60.6. The number of fused-ring (bicyclic) bond motifs is 2. The molecule has 86 heavy (non-hydrogen) atoms. The molecule has 0 fully saturated rings. The highest BCUT2D eigenvalue weighted by Gasteiger charge is 2.32. The third-order valence-corrected chi connectivity index (χ3v) is 11.4. The predicted molar refractivity (Wildman–Crippen MR) is 310 cm³/mol. The monoisotopic (exact) mass is 1240 g/mol. The average molecular weight is 1240 g/mol. The lowest BCUT2D eigenvalue weighted by Crippen LogP contribution is -2.22. The maximum absolute atomic E-state index is 13.1. The van der Waals surface area contributed by atoms with Crippen molar-refractivity contribution in [3.63, 3.8) is 0 Å². The van der Waals surface area contributed by atoms with E-state index in [4.69, 9.17) is 114 Å². The molecule has 0 saturated heterocycles. The van der Waals surface area contributed by atoms with Crippen molar-refractivity contribution in [2.75, 3.05) is 304 Å². The molecule has 0 spiro atoms. The number of aliphatic hydroxyl groups excluding tert-OH is 1. The summed E-state index contributed by atoms with van der Waals surface area (Å²) >= 11 is 0. The van der Waals surface area contributed by atoms with E-state index in [9.17, 15) is 9.59 Å². The zero-order chi connectivity index (χ0) is 60.8. The van der Waals surface area contributed by atoms with Crippen molar-refractivity contribution in [3.05, 3.63) is 64.7 Å². The minimum atomic E-state index is -0.217. The molecule has 1 N–H and O–H groups in total. The maximum Gasteiger partial charge on any atom is 0.198 e. The summed E-state index contributed by atoms with van der Waals surface area (Å²) < 4.78 is 127. The van der Waals surface area contributed by atoms with Gasteiger partial charge in [0.1, 0.15) is 12.4 Å². The van der Waals surface area contributed by atoms with Gasteiger partial charge in [-0.05, 0) is 6.07 Å². The van der Waals surface area contributed by atoms with Gasteiger partial charge in [0.15, 0.2) is 11.6 Å². The Morgan fingerprint density at radius 2 is 0.395 bits per heavy atom. The molecule has 0 heterocycles. The highest BCUT2D eigenvalue weighted by molar-refractivity contribution is 6.29. The smallest absolute Gasteiger partial charge is 0.198 e. The van der Waals surface area contributed by atoms with Gasteiger partial charge in [-0.25, -0.2) is 0 Å². The largest absolute Gasteiger partial charge is 0.490 e. The molecule has 26 nitrogen and oxygen atoms in total. The fourth-order valence-electron chi connectivity index (χ4n) is 7.23. The Labute approximate surface area is 508 Å². The maximum atomic E-state index is 13.1. The molecule has 1 aliphatic rings. The molecule has 0 atom stereocenters. The van der Waals surface area contributed by atoms with E-state index < -0.39 is 0 Å². The van der Waals surface area contributed by atoms with Crippen LogP contribution in [-0.4, -0.2) is 321 Å². The van der Waals surface area contributed by atoms with Crippen LogP contribution in [0.25, 0.3) is 0 Å². The highest BCUT2D eigenvalue weighted by Crippen LogP contribution is 2.33. The summed E-state index contributed by atoms with van der Waals surface area (Å²) in [6, 6.07) is 11.9. The molecule has 496 valence electrons. The van der Waals surface area contributed by atoms with E-state index in [0.29, 0.717) is 319 Å². The van der Waals surface area contributed by atoms with Crippen LogP contribution >= 0.6 is 0 Å². The summed E-state index contributed by atoms with van der Waals surface area (Å²) in [5.41, 5.74) is 1.45. The van der Waals surface area contributed by atoms with Gasteiger partial charge in [-0.3, -0.25) is 9.59 Å². The zero-order valence-electron chi connectivity index (χ0n) is 50.7. The topological polar surface area (TPSA) is 267 Å². The van der Waals surface area contributed by atoms with Crippen LogP contribution in [-0.2, 0) is 104 Å². The molecular weight excluding hydrogens is 1140 g/mol. The van der Waals surface area contributed by atoms with E-state index in [1.807, 2.05) is 0 Å². The number of hydrogen-bond donors (Lipinski definition) is 1. The Morgan fingerprint density at radius 1 is 0.209 bits per heavy atom. The number of ketones is 2. The lowest BCUT2D eigenvalue weighted by Gasteiger charge is -2.20. The fourth-order valence-corrected chi connectivity index (χ4v) is 7.23. The second-order valence-electron chi connectivity index (χ2n) is 17.9. The molecule has 1 aliphatic carbocycles. The predicted octanol–water partition coefficient (Wildman–Crippen LogP) is 2.20. The molecule has 0 unspecified atom stereocenters. The lowest BCUT2D eigenvalue weighted by atomic mass is 9.83. The van der Waals surface area contributed by atoms with Crippen LogP contribution in [0.2, 0.25) is 0 Å². The van der Waals surface area contributed by atoms with E-state index in [1.54, 1.807) is 42.5 Å². The first-order chi connectivity index (χ1) is 42.7. The summed E-state index contributed by atoms with van der Waals surface area (Å²) in [4.78, 5) is 26.0. The van der Waals surface area contributed by atoms with Crippen molar-refractivity contribution >= 4 is 11.6 Å². The molecule has 0 radical (unpaired) electrons. The molecule has 0 aliphatic heterocycles. The van der Waals surface area contributed by atoms with Gasteiger partial charge in [0, 0.05) is 16.7 Å². The number of benzene rings is 2. The summed E-state index contributed by atoms with van der Waals surface area (Å²) in [5.74, 6) is -0.0249. The molecule has 2 aromatic rings. The Balaban J connectivity index is 0.866.